The van der Waals surface area contributed by atoms with Crippen molar-refractivity contribution in [1.82, 2.24) is 14.9 Å². The lowest BCUT2D eigenvalue weighted by atomic mass is 10.1. The molecule has 1 saturated heterocycles. The summed E-state index contributed by atoms with van der Waals surface area (Å²) in [5, 5.41) is 0. The Labute approximate surface area is 140 Å². The van der Waals surface area contributed by atoms with Gasteiger partial charge in [-0.05, 0) is 31.9 Å². The van der Waals surface area contributed by atoms with Crippen molar-refractivity contribution >= 4 is 11.3 Å². The Kier molecular flexibility index (Phi) is 4.29. The fraction of sp³-hybridized carbons (Fsp3) is 0.529. The number of thiazole rings is 1. The molecule has 23 heavy (non-hydrogen) atoms. The molecule has 5 nitrogen and oxygen atoms in total. The molecule has 2 aliphatic rings. The normalized spacial score (nSPS) is 27.8. The number of hydrogen-bond donors (Lipinski definition) is 0. The third-order valence-corrected chi connectivity index (χ3v) is 5.68. The van der Waals surface area contributed by atoms with Crippen LogP contribution in [0, 0.1) is 6.92 Å². The van der Waals surface area contributed by atoms with E-state index in [1.54, 1.807) is 23.7 Å². The van der Waals surface area contributed by atoms with Gasteiger partial charge in [-0.15, -0.1) is 11.3 Å². The number of aryl methyl sites for hydroxylation is 1. The summed E-state index contributed by atoms with van der Waals surface area (Å²) < 4.78 is 12.2. The zero-order valence-electron chi connectivity index (χ0n) is 13.2. The van der Waals surface area contributed by atoms with Crippen molar-refractivity contribution in [2.24, 2.45) is 0 Å². The fourth-order valence-electron chi connectivity index (χ4n) is 3.57. The van der Waals surface area contributed by atoms with Crippen LogP contribution in [0.25, 0.3) is 0 Å². The average molecular weight is 331 g/mol. The molecule has 122 valence electrons. The summed E-state index contributed by atoms with van der Waals surface area (Å²) in [7, 11) is 0. The molecule has 6 heteroatoms. The predicted octanol–water partition coefficient (Wildman–Crippen LogP) is 2.66. The number of nitrogens with zero attached hydrogens (tertiary/aromatic N) is 3. The minimum absolute atomic E-state index is 0.120. The molecule has 1 saturated carbocycles. The van der Waals surface area contributed by atoms with Gasteiger partial charge in [-0.25, -0.2) is 4.98 Å². The van der Waals surface area contributed by atoms with Gasteiger partial charge in [-0.2, -0.15) is 0 Å². The molecule has 2 aromatic rings. The highest BCUT2D eigenvalue weighted by atomic mass is 32.1. The first-order valence-electron chi connectivity index (χ1n) is 8.12. The van der Waals surface area contributed by atoms with Crippen molar-refractivity contribution in [3.05, 3.63) is 40.6 Å². The van der Waals surface area contributed by atoms with E-state index < -0.39 is 0 Å². The van der Waals surface area contributed by atoms with E-state index in [9.17, 15) is 0 Å². The van der Waals surface area contributed by atoms with E-state index >= 15 is 0 Å². The zero-order chi connectivity index (χ0) is 15.6. The topological polar surface area (TPSA) is 47.5 Å². The van der Waals surface area contributed by atoms with E-state index in [1.165, 1.54) is 4.88 Å². The smallest absolute Gasteiger partial charge is 0.138 e. The quantitative estimate of drug-likeness (QED) is 0.862. The molecule has 1 aliphatic carbocycles. The predicted molar refractivity (Wildman–Crippen MR) is 88.7 cm³/mol. The molecule has 3 atom stereocenters. The van der Waals surface area contributed by atoms with Crippen LogP contribution in [-0.2, 0) is 11.3 Å². The van der Waals surface area contributed by atoms with Gasteiger partial charge in [0.1, 0.15) is 18.0 Å². The van der Waals surface area contributed by atoms with E-state index in [0.717, 1.165) is 44.0 Å². The Morgan fingerprint density at radius 2 is 2.39 bits per heavy atom. The molecular formula is C17H21N3O2S. The number of hydrogen-bond acceptors (Lipinski definition) is 6. The van der Waals surface area contributed by atoms with Gasteiger partial charge in [0.15, 0.2) is 0 Å². The SMILES string of the molecule is Cc1ncsc1CN1CCO[C@H]2[C@H](Oc3cccnc3)CC[C@@H]21. The molecule has 0 spiro atoms. The van der Waals surface area contributed by atoms with Crippen molar-refractivity contribution < 1.29 is 9.47 Å². The van der Waals surface area contributed by atoms with Gasteiger partial charge in [0.25, 0.3) is 0 Å². The molecule has 0 N–H and O–H groups in total. The van der Waals surface area contributed by atoms with Crippen LogP contribution in [-0.4, -0.2) is 46.3 Å². The Hall–Kier alpha value is -1.50. The Morgan fingerprint density at radius 1 is 1.43 bits per heavy atom. The number of ether oxygens (including phenoxy) is 2. The highest BCUT2D eigenvalue weighted by Gasteiger charge is 2.44. The molecule has 2 aromatic heterocycles. The highest BCUT2D eigenvalue weighted by molar-refractivity contribution is 7.09. The summed E-state index contributed by atoms with van der Waals surface area (Å²) in [6.45, 7) is 4.82. The molecule has 3 heterocycles. The van der Waals surface area contributed by atoms with Crippen LogP contribution in [0.15, 0.2) is 30.0 Å². The second-order valence-electron chi connectivity index (χ2n) is 6.16. The average Bonchev–Trinajstić information content (AvgIpc) is 3.16. The Morgan fingerprint density at radius 3 is 3.17 bits per heavy atom. The Balaban J connectivity index is 1.45. The van der Waals surface area contributed by atoms with E-state index in [2.05, 4.69) is 21.8 Å². The molecular weight excluding hydrogens is 310 g/mol. The van der Waals surface area contributed by atoms with E-state index in [-0.39, 0.29) is 12.2 Å². The summed E-state index contributed by atoms with van der Waals surface area (Å²) >= 11 is 1.75. The summed E-state index contributed by atoms with van der Waals surface area (Å²) in [5.41, 5.74) is 3.09. The lowest BCUT2D eigenvalue weighted by Crippen LogP contribution is -2.51. The van der Waals surface area contributed by atoms with Crippen molar-refractivity contribution in [2.45, 2.75) is 44.6 Å². The van der Waals surface area contributed by atoms with E-state index in [4.69, 9.17) is 9.47 Å². The molecule has 0 bridgehead atoms. The van der Waals surface area contributed by atoms with E-state index in [0.29, 0.717) is 6.04 Å². The molecule has 0 amide bonds. The zero-order valence-corrected chi connectivity index (χ0v) is 14.0. The van der Waals surface area contributed by atoms with Crippen molar-refractivity contribution in [2.75, 3.05) is 13.2 Å². The van der Waals surface area contributed by atoms with E-state index in [1.807, 2.05) is 17.6 Å². The third kappa shape index (κ3) is 3.11. The van der Waals surface area contributed by atoms with Crippen LogP contribution < -0.4 is 4.74 Å². The van der Waals surface area contributed by atoms with Gasteiger partial charge < -0.3 is 9.47 Å². The van der Waals surface area contributed by atoms with Crippen molar-refractivity contribution in [1.29, 1.82) is 0 Å². The lowest BCUT2D eigenvalue weighted by Gasteiger charge is -2.38. The molecule has 1 aliphatic heterocycles. The first kappa shape index (κ1) is 15.1. The summed E-state index contributed by atoms with van der Waals surface area (Å²) in [6, 6.07) is 4.30. The maximum absolute atomic E-state index is 6.13. The van der Waals surface area contributed by atoms with Gasteiger partial charge in [0.05, 0.1) is 24.0 Å². The highest BCUT2D eigenvalue weighted by Crippen LogP contribution is 2.34. The second kappa shape index (κ2) is 6.55. The minimum Gasteiger partial charge on any atom is -0.486 e. The first-order chi connectivity index (χ1) is 11.3. The standard InChI is InChI=1S/C17H21N3O2S/c1-12-16(23-11-19-12)10-20-7-8-21-17-14(20)4-5-15(17)22-13-3-2-6-18-9-13/h2-3,6,9,11,14-15,17H,4-5,7-8,10H2,1H3/t14-,15+,17+/m0/s1. The van der Waals surface area contributed by atoms with Gasteiger partial charge in [0.2, 0.25) is 0 Å². The van der Waals surface area contributed by atoms with Crippen LogP contribution in [0.2, 0.25) is 0 Å². The number of rotatable bonds is 4. The lowest BCUT2D eigenvalue weighted by molar-refractivity contribution is -0.0914. The van der Waals surface area contributed by atoms with Crippen molar-refractivity contribution in [3.8, 4) is 5.75 Å². The van der Waals surface area contributed by atoms with Crippen LogP contribution in [0.4, 0.5) is 0 Å². The fourth-order valence-corrected chi connectivity index (χ4v) is 4.37. The number of aromatic nitrogens is 2. The number of morpholine rings is 1. The Bertz CT molecular complexity index is 648. The molecule has 0 radical (unpaired) electrons. The van der Waals surface area contributed by atoms with Gasteiger partial charge >= 0.3 is 0 Å². The molecule has 4 rings (SSSR count). The van der Waals surface area contributed by atoms with Gasteiger partial charge in [0, 0.05) is 30.2 Å². The monoisotopic (exact) mass is 331 g/mol. The van der Waals surface area contributed by atoms with Crippen LogP contribution >= 0.6 is 11.3 Å². The van der Waals surface area contributed by atoms with Crippen LogP contribution in [0.1, 0.15) is 23.4 Å². The molecule has 0 unspecified atom stereocenters. The summed E-state index contributed by atoms with van der Waals surface area (Å²) in [5.74, 6) is 0.831. The molecule has 0 aromatic carbocycles. The number of pyridine rings is 1. The van der Waals surface area contributed by atoms with Crippen LogP contribution in [0.3, 0.4) is 0 Å². The molecule has 2 fully saturated rings. The third-order valence-electron chi connectivity index (χ3n) is 4.76. The maximum atomic E-state index is 6.13. The van der Waals surface area contributed by atoms with Gasteiger partial charge in [-0.3, -0.25) is 9.88 Å². The largest absolute Gasteiger partial charge is 0.486 e. The van der Waals surface area contributed by atoms with Crippen molar-refractivity contribution in [3.63, 3.8) is 0 Å². The number of fused-ring (bicyclic) bond motifs is 1. The first-order valence-corrected chi connectivity index (χ1v) is 9.00. The summed E-state index contributed by atoms with van der Waals surface area (Å²) in [4.78, 5) is 12.4. The summed E-state index contributed by atoms with van der Waals surface area (Å²) in [6.07, 6.45) is 5.96. The maximum Gasteiger partial charge on any atom is 0.138 e. The minimum atomic E-state index is 0.120. The second-order valence-corrected chi connectivity index (χ2v) is 7.10. The van der Waals surface area contributed by atoms with Crippen LogP contribution in [0.5, 0.6) is 5.75 Å². The van der Waals surface area contributed by atoms with Gasteiger partial charge in [-0.1, -0.05) is 0 Å².